The van der Waals surface area contributed by atoms with E-state index in [1.165, 1.54) is 0 Å². The van der Waals surface area contributed by atoms with Crippen molar-refractivity contribution in [3.8, 4) is 56.4 Å². The first kappa shape index (κ1) is 31.2. The van der Waals surface area contributed by atoms with Crippen LogP contribution in [0, 0.1) is 5.41 Å². The molecule has 242 valence electrons. The predicted molar refractivity (Wildman–Crippen MR) is 207 cm³/mol. The molecular weight excluding hydrogens is 625 g/mol. The van der Waals surface area contributed by atoms with Gasteiger partial charge in [0.2, 0.25) is 0 Å². The zero-order valence-corrected chi connectivity index (χ0v) is 27.6. The highest BCUT2D eigenvalue weighted by Gasteiger charge is 2.14. The third-order valence-electron chi connectivity index (χ3n) is 8.66. The van der Waals surface area contributed by atoms with Gasteiger partial charge in [0, 0.05) is 51.6 Å². The van der Waals surface area contributed by atoms with Crippen LogP contribution in [0.15, 0.2) is 182 Å². The normalized spacial score (nSPS) is 10.8. The average Bonchev–Trinajstić information content (AvgIpc) is 3.22. The lowest BCUT2D eigenvalue weighted by Crippen LogP contribution is -2.05. The first-order chi connectivity index (χ1) is 25.2. The van der Waals surface area contributed by atoms with Crippen molar-refractivity contribution < 1.29 is 0 Å². The molecule has 0 fully saturated rings. The molecule has 0 saturated carbocycles. The molecule has 6 heteroatoms. The minimum Gasteiger partial charge on any atom is -0.355 e. The highest BCUT2D eigenvalue weighted by molar-refractivity contribution is 6.14. The molecule has 0 bridgehead atoms. The lowest BCUT2D eigenvalue weighted by atomic mass is 9.94. The molecule has 0 aliphatic rings. The Bertz CT molecular complexity index is 2400. The number of rotatable bonds is 9. The molecule has 8 rings (SSSR count). The number of aromatic nitrogens is 4. The number of pyridine rings is 1. The molecule has 0 radical (unpaired) electrons. The van der Waals surface area contributed by atoms with Gasteiger partial charge in [0.25, 0.3) is 0 Å². The minimum absolute atomic E-state index is 0.444. The van der Waals surface area contributed by atoms with Crippen LogP contribution in [0.3, 0.4) is 0 Å². The number of para-hydroxylation sites is 1. The Morgan fingerprint density at radius 3 is 1.47 bits per heavy atom. The van der Waals surface area contributed by atoms with Crippen molar-refractivity contribution in [1.82, 2.24) is 19.9 Å². The van der Waals surface area contributed by atoms with E-state index >= 15 is 0 Å². The highest BCUT2D eigenvalue weighted by atomic mass is 15.0. The van der Waals surface area contributed by atoms with Crippen molar-refractivity contribution in [1.29, 1.82) is 5.41 Å². The maximum atomic E-state index is 9.19. The van der Waals surface area contributed by atoms with Crippen molar-refractivity contribution in [2.24, 2.45) is 0 Å². The van der Waals surface area contributed by atoms with Gasteiger partial charge in [-0.15, -0.1) is 0 Å². The first-order valence-corrected chi connectivity index (χ1v) is 16.7. The van der Waals surface area contributed by atoms with Gasteiger partial charge in [-0.1, -0.05) is 133 Å². The van der Waals surface area contributed by atoms with Crippen molar-refractivity contribution >= 4 is 17.1 Å². The molecule has 0 aliphatic carbocycles. The maximum Gasteiger partial charge on any atom is 0.164 e. The summed E-state index contributed by atoms with van der Waals surface area (Å²) < 4.78 is 0. The molecule has 0 unspecified atom stereocenters. The predicted octanol–water partition coefficient (Wildman–Crippen LogP) is 10.8. The zero-order chi connectivity index (χ0) is 34.4. The largest absolute Gasteiger partial charge is 0.355 e. The Morgan fingerprint density at radius 1 is 0.412 bits per heavy atom. The van der Waals surface area contributed by atoms with Crippen LogP contribution in [0.5, 0.6) is 0 Å². The molecule has 0 spiro atoms. The molecule has 8 aromatic rings. The minimum atomic E-state index is 0.444. The fraction of sp³-hybridized carbons (Fsp3) is 0. The topological polar surface area (TPSA) is 87.4 Å². The quantitative estimate of drug-likeness (QED) is 0.151. The van der Waals surface area contributed by atoms with E-state index in [2.05, 4.69) is 58.8 Å². The van der Waals surface area contributed by atoms with Gasteiger partial charge in [0.15, 0.2) is 17.5 Å². The van der Waals surface area contributed by atoms with E-state index in [9.17, 15) is 5.41 Å². The van der Waals surface area contributed by atoms with E-state index in [4.69, 9.17) is 15.0 Å². The van der Waals surface area contributed by atoms with Crippen LogP contribution < -0.4 is 5.32 Å². The van der Waals surface area contributed by atoms with E-state index < -0.39 is 0 Å². The second-order valence-electron chi connectivity index (χ2n) is 12.1. The van der Waals surface area contributed by atoms with Gasteiger partial charge in [-0.3, -0.25) is 10.4 Å². The summed E-state index contributed by atoms with van der Waals surface area (Å²) in [6.45, 7) is 0. The fourth-order valence-electron chi connectivity index (χ4n) is 6.06. The number of nitrogens with one attached hydrogen (secondary N) is 2. The molecule has 51 heavy (non-hydrogen) atoms. The van der Waals surface area contributed by atoms with Gasteiger partial charge in [-0.2, -0.15) is 0 Å². The number of nitrogens with zero attached hydrogens (tertiary/aromatic N) is 4. The lowest BCUT2D eigenvalue weighted by molar-refractivity contribution is 1.07. The van der Waals surface area contributed by atoms with Crippen molar-refractivity contribution in [3.05, 3.63) is 193 Å². The third kappa shape index (κ3) is 6.93. The average molecular weight is 657 g/mol. The molecule has 0 aliphatic heterocycles. The molecule has 2 heterocycles. The van der Waals surface area contributed by atoms with Crippen LogP contribution in [0.4, 0.5) is 11.4 Å². The van der Waals surface area contributed by atoms with Crippen LogP contribution in [0.25, 0.3) is 56.4 Å². The Balaban J connectivity index is 1.11. The van der Waals surface area contributed by atoms with Crippen LogP contribution in [0.1, 0.15) is 11.1 Å². The van der Waals surface area contributed by atoms with E-state index in [1.807, 2.05) is 121 Å². The second-order valence-corrected chi connectivity index (χ2v) is 12.1. The summed E-state index contributed by atoms with van der Waals surface area (Å²) in [7, 11) is 0. The number of hydrogen-bond acceptors (Lipinski definition) is 6. The summed E-state index contributed by atoms with van der Waals surface area (Å²) in [6, 6.07) is 56.8. The van der Waals surface area contributed by atoms with E-state index in [1.54, 1.807) is 12.4 Å². The number of hydrogen-bond donors (Lipinski definition) is 2. The monoisotopic (exact) mass is 656 g/mol. The highest BCUT2D eigenvalue weighted by Crippen LogP contribution is 2.32. The summed E-state index contributed by atoms with van der Waals surface area (Å²) in [5, 5.41) is 12.6. The molecular formula is C45H32N6. The van der Waals surface area contributed by atoms with E-state index in [-0.39, 0.29) is 0 Å². The van der Waals surface area contributed by atoms with Gasteiger partial charge in [0.1, 0.15) is 0 Å². The van der Waals surface area contributed by atoms with Crippen LogP contribution >= 0.6 is 0 Å². The van der Waals surface area contributed by atoms with Crippen LogP contribution in [-0.4, -0.2) is 25.6 Å². The fourth-order valence-corrected chi connectivity index (χ4v) is 6.06. The van der Waals surface area contributed by atoms with Gasteiger partial charge in [0.05, 0.1) is 5.71 Å². The number of benzene rings is 6. The summed E-state index contributed by atoms with van der Waals surface area (Å²) in [5.74, 6) is 1.88. The summed E-state index contributed by atoms with van der Waals surface area (Å²) >= 11 is 0. The maximum absolute atomic E-state index is 9.19. The molecule has 0 saturated heterocycles. The smallest absolute Gasteiger partial charge is 0.164 e. The first-order valence-electron chi connectivity index (χ1n) is 16.7. The van der Waals surface area contributed by atoms with Gasteiger partial charge in [-0.05, 0) is 58.7 Å². The molecule has 0 atom stereocenters. The lowest BCUT2D eigenvalue weighted by Gasteiger charge is -2.14. The molecule has 2 N–H and O–H groups in total. The Morgan fingerprint density at radius 2 is 0.863 bits per heavy atom. The van der Waals surface area contributed by atoms with Crippen molar-refractivity contribution in [2.75, 3.05) is 5.32 Å². The molecule has 6 nitrogen and oxygen atoms in total. The summed E-state index contributed by atoms with van der Waals surface area (Å²) in [6.07, 6.45) is 3.50. The van der Waals surface area contributed by atoms with E-state index in [0.717, 1.165) is 61.4 Å². The summed E-state index contributed by atoms with van der Waals surface area (Å²) in [4.78, 5) is 18.8. The Labute approximate surface area is 296 Å². The van der Waals surface area contributed by atoms with Crippen LogP contribution in [0.2, 0.25) is 0 Å². The zero-order valence-electron chi connectivity index (χ0n) is 27.6. The van der Waals surface area contributed by atoms with Crippen LogP contribution in [-0.2, 0) is 0 Å². The van der Waals surface area contributed by atoms with Crippen molar-refractivity contribution in [2.45, 2.75) is 0 Å². The Kier molecular flexibility index (Phi) is 8.70. The van der Waals surface area contributed by atoms with Gasteiger partial charge in [-0.25, -0.2) is 15.0 Å². The van der Waals surface area contributed by atoms with E-state index in [0.29, 0.717) is 23.2 Å². The molecule has 0 amide bonds. The number of anilines is 2. The molecule has 2 aromatic heterocycles. The third-order valence-corrected chi connectivity index (χ3v) is 8.66. The summed E-state index contributed by atoms with van der Waals surface area (Å²) in [5.41, 5.74) is 10.9. The SMILES string of the molecule is N=C(c1cccc(-c2cccc(-c3cccc(-c4nc(-c5ccccc5)nc(-c5ccccc5)n4)c3)c2)c1)c1ccccc1Nc1ccncc1. The van der Waals surface area contributed by atoms with Gasteiger partial charge >= 0.3 is 0 Å². The second kappa shape index (κ2) is 14.2. The standard InChI is InChI=1S/C45H32N6/c46-42(40-22-7-8-23-41(40)48-39-24-26-47-27-25-39)37-20-10-18-35(29-37)33-16-9-17-34(28-33)36-19-11-21-38(30-36)45-50-43(31-12-3-1-4-13-31)49-44(51-45)32-14-5-2-6-15-32/h1-30,46H,(H,47,48). The molecule has 6 aromatic carbocycles. The Hall–Kier alpha value is -7.05. The van der Waals surface area contributed by atoms with Crippen molar-refractivity contribution in [3.63, 3.8) is 0 Å². The van der Waals surface area contributed by atoms with Gasteiger partial charge < -0.3 is 5.32 Å².